The maximum absolute atomic E-state index is 12.3. The average molecular weight is 390 g/mol. The summed E-state index contributed by atoms with van der Waals surface area (Å²) in [6.45, 7) is 4.61. The molecule has 7 nitrogen and oxygen atoms in total. The molecule has 0 radical (unpaired) electrons. The Balaban J connectivity index is 1.55. The van der Waals surface area contributed by atoms with Crippen LogP contribution in [0.1, 0.15) is 17.4 Å². The number of benzene rings is 1. The molecule has 27 heavy (non-hydrogen) atoms. The topological polar surface area (TPSA) is 80.8 Å². The summed E-state index contributed by atoms with van der Waals surface area (Å²) in [5.74, 6) is -1.13. The van der Waals surface area contributed by atoms with Gasteiger partial charge in [0.1, 0.15) is 5.69 Å². The molecule has 0 bridgehead atoms. The summed E-state index contributed by atoms with van der Waals surface area (Å²) in [7, 11) is 0. The summed E-state index contributed by atoms with van der Waals surface area (Å²) in [6.07, 6.45) is 0.428. The zero-order valence-corrected chi connectivity index (χ0v) is 15.6. The van der Waals surface area contributed by atoms with Gasteiger partial charge >= 0.3 is 5.97 Å². The first-order valence-electron chi connectivity index (χ1n) is 8.59. The summed E-state index contributed by atoms with van der Waals surface area (Å²) < 4.78 is 10.5. The van der Waals surface area contributed by atoms with Crippen molar-refractivity contribution in [2.24, 2.45) is 0 Å². The second-order valence-corrected chi connectivity index (χ2v) is 6.48. The number of morpholine rings is 1. The molecule has 0 spiro atoms. The van der Waals surface area contributed by atoms with Gasteiger partial charge in [0.15, 0.2) is 6.10 Å². The Morgan fingerprint density at radius 2 is 1.93 bits per heavy atom. The third-order valence-corrected chi connectivity index (χ3v) is 4.33. The van der Waals surface area contributed by atoms with Gasteiger partial charge in [0.05, 0.1) is 13.2 Å². The molecular formula is C19H20ClN3O4. The van der Waals surface area contributed by atoms with Crippen molar-refractivity contribution in [1.29, 1.82) is 0 Å². The number of nitrogens with zero attached hydrogens (tertiary/aromatic N) is 2. The third kappa shape index (κ3) is 5.18. The minimum atomic E-state index is -0.975. The van der Waals surface area contributed by atoms with E-state index in [0.717, 1.165) is 18.8 Å². The standard InChI is InChI=1S/C19H20ClN3O4/c1-13(27-19(25)17-12-14(20)6-7-21-17)18(24)22-15-2-4-16(5-3-15)23-8-10-26-11-9-23/h2-7,12-13H,8-11H2,1H3,(H,22,24)/t13-/m1/s1. The van der Waals surface area contributed by atoms with Crippen LogP contribution in [-0.2, 0) is 14.3 Å². The molecule has 1 aromatic carbocycles. The molecule has 1 fully saturated rings. The van der Waals surface area contributed by atoms with Crippen LogP contribution in [0.5, 0.6) is 0 Å². The van der Waals surface area contributed by atoms with Crippen LogP contribution in [0.4, 0.5) is 11.4 Å². The van der Waals surface area contributed by atoms with Crippen LogP contribution in [-0.4, -0.2) is 49.3 Å². The van der Waals surface area contributed by atoms with E-state index in [1.54, 1.807) is 6.07 Å². The Hall–Kier alpha value is -2.64. The minimum absolute atomic E-state index is 0.0528. The molecule has 1 aliphatic heterocycles. The van der Waals surface area contributed by atoms with Crippen molar-refractivity contribution in [3.63, 3.8) is 0 Å². The molecule has 3 rings (SSSR count). The fourth-order valence-corrected chi connectivity index (χ4v) is 2.77. The number of ether oxygens (including phenoxy) is 2. The number of hydrogen-bond acceptors (Lipinski definition) is 6. The van der Waals surface area contributed by atoms with E-state index in [9.17, 15) is 9.59 Å². The first-order valence-corrected chi connectivity index (χ1v) is 8.97. The van der Waals surface area contributed by atoms with Crippen LogP contribution in [0.3, 0.4) is 0 Å². The first-order chi connectivity index (χ1) is 13.0. The van der Waals surface area contributed by atoms with E-state index in [0.29, 0.717) is 23.9 Å². The zero-order chi connectivity index (χ0) is 19.2. The molecule has 1 aromatic heterocycles. The van der Waals surface area contributed by atoms with Crippen LogP contribution in [0.2, 0.25) is 5.02 Å². The van der Waals surface area contributed by atoms with E-state index in [1.807, 2.05) is 24.3 Å². The number of aromatic nitrogens is 1. The van der Waals surface area contributed by atoms with E-state index in [-0.39, 0.29) is 5.69 Å². The van der Waals surface area contributed by atoms with Crippen molar-refractivity contribution in [3.8, 4) is 0 Å². The van der Waals surface area contributed by atoms with Crippen molar-refractivity contribution >= 4 is 34.9 Å². The highest BCUT2D eigenvalue weighted by Crippen LogP contribution is 2.19. The Bertz CT molecular complexity index is 807. The van der Waals surface area contributed by atoms with Crippen molar-refractivity contribution in [2.75, 3.05) is 36.5 Å². The molecule has 1 aliphatic rings. The van der Waals surface area contributed by atoms with E-state index in [2.05, 4.69) is 15.2 Å². The Labute approximate surface area is 162 Å². The molecule has 2 heterocycles. The smallest absolute Gasteiger partial charge is 0.357 e. The second-order valence-electron chi connectivity index (χ2n) is 6.04. The Kier molecular flexibility index (Phi) is 6.26. The number of nitrogens with one attached hydrogen (secondary N) is 1. The number of hydrogen-bond donors (Lipinski definition) is 1. The lowest BCUT2D eigenvalue weighted by molar-refractivity contribution is -0.123. The Morgan fingerprint density at radius 3 is 2.59 bits per heavy atom. The van der Waals surface area contributed by atoms with Gasteiger partial charge in [-0.3, -0.25) is 4.79 Å². The lowest BCUT2D eigenvalue weighted by Gasteiger charge is -2.28. The fraction of sp³-hybridized carbons (Fsp3) is 0.316. The lowest BCUT2D eigenvalue weighted by atomic mass is 10.2. The van der Waals surface area contributed by atoms with Gasteiger partial charge in [-0.2, -0.15) is 0 Å². The molecule has 1 atom stereocenters. The number of pyridine rings is 1. The maximum Gasteiger partial charge on any atom is 0.357 e. The number of esters is 1. The number of anilines is 2. The zero-order valence-electron chi connectivity index (χ0n) is 14.9. The molecule has 0 saturated carbocycles. The van der Waals surface area contributed by atoms with E-state index >= 15 is 0 Å². The van der Waals surface area contributed by atoms with Crippen LogP contribution in [0, 0.1) is 0 Å². The normalized spacial score (nSPS) is 15.1. The number of rotatable bonds is 5. The van der Waals surface area contributed by atoms with Gasteiger partial charge in [-0.1, -0.05) is 11.6 Å². The van der Waals surface area contributed by atoms with Gasteiger partial charge in [-0.25, -0.2) is 9.78 Å². The average Bonchev–Trinajstić information content (AvgIpc) is 2.69. The highest BCUT2D eigenvalue weighted by molar-refractivity contribution is 6.30. The molecular weight excluding hydrogens is 370 g/mol. The molecule has 8 heteroatoms. The lowest BCUT2D eigenvalue weighted by Crippen LogP contribution is -2.36. The van der Waals surface area contributed by atoms with Gasteiger partial charge in [-0.05, 0) is 43.3 Å². The maximum atomic E-state index is 12.3. The van der Waals surface area contributed by atoms with Crippen molar-refractivity contribution in [2.45, 2.75) is 13.0 Å². The van der Waals surface area contributed by atoms with Gasteiger partial charge in [0, 0.05) is 35.7 Å². The second kappa shape index (κ2) is 8.83. The number of halogens is 1. The summed E-state index contributed by atoms with van der Waals surface area (Å²) >= 11 is 5.83. The van der Waals surface area contributed by atoms with Gasteiger partial charge in [0.2, 0.25) is 0 Å². The van der Waals surface area contributed by atoms with Crippen LogP contribution in [0.25, 0.3) is 0 Å². The SMILES string of the molecule is C[C@@H](OC(=O)c1cc(Cl)ccn1)C(=O)Nc1ccc(N2CCOCC2)cc1. The summed E-state index contributed by atoms with van der Waals surface area (Å²) in [5, 5.41) is 3.10. The summed E-state index contributed by atoms with van der Waals surface area (Å²) in [4.78, 5) is 30.4. The van der Waals surface area contributed by atoms with Crippen LogP contribution < -0.4 is 10.2 Å². The number of carbonyl (C=O) groups excluding carboxylic acids is 2. The Morgan fingerprint density at radius 1 is 1.22 bits per heavy atom. The van der Waals surface area contributed by atoms with Crippen molar-refractivity contribution < 1.29 is 19.1 Å². The van der Waals surface area contributed by atoms with Crippen LogP contribution in [0.15, 0.2) is 42.6 Å². The van der Waals surface area contributed by atoms with Gasteiger partial charge in [-0.15, -0.1) is 0 Å². The fourth-order valence-electron chi connectivity index (χ4n) is 2.61. The van der Waals surface area contributed by atoms with Crippen molar-refractivity contribution in [1.82, 2.24) is 4.98 Å². The quantitative estimate of drug-likeness (QED) is 0.792. The van der Waals surface area contributed by atoms with E-state index < -0.39 is 18.0 Å². The third-order valence-electron chi connectivity index (χ3n) is 4.10. The molecule has 2 aromatic rings. The molecule has 1 N–H and O–H groups in total. The number of amides is 1. The molecule has 1 amide bonds. The van der Waals surface area contributed by atoms with E-state index in [4.69, 9.17) is 21.1 Å². The minimum Gasteiger partial charge on any atom is -0.448 e. The van der Waals surface area contributed by atoms with E-state index in [1.165, 1.54) is 19.2 Å². The summed E-state index contributed by atoms with van der Waals surface area (Å²) in [6, 6.07) is 10.4. The van der Waals surface area contributed by atoms with Crippen molar-refractivity contribution in [3.05, 3.63) is 53.3 Å². The first kappa shape index (κ1) is 19.1. The van der Waals surface area contributed by atoms with Crippen LogP contribution >= 0.6 is 11.6 Å². The molecule has 1 saturated heterocycles. The molecule has 0 unspecified atom stereocenters. The summed E-state index contributed by atoms with van der Waals surface area (Å²) in [5.41, 5.74) is 1.75. The highest BCUT2D eigenvalue weighted by atomic mass is 35.5. The highest BCUT2D eigenvalue weighted by Gasteiger charge is 2.20. The predicted octanol–water partition coefficient (Wildman–Crippen LogP) is 2.76. The largest absolute Gasteiger partial charge is 0.448 e. The monoisotopic (exact) mass is 389 g/mol. The number of carbonyl (C=O) groups is 2. The predicted molar refractivity (Wildman–Crippen MR) is 102 cm³/mol. The van der Waals surface area contributed by atoms with Gasteiger partial charge in [0.25, 0.3) is 5.91 Å². The van der Waals surface area contributed by atoms with Gasteiger partial charge < -0.3 is 19.7 Å². The molecule has 142 valence electrons. The molecule has 0 aliphatic carbocycles.